The quantitative estimate of drug-likeness (QED) is 0.812. The number of hydrogen-bond donors (Lipinski definition) is 0. The Morgan fingerprint density at radius 3 is 3.04 bits per heavy atom. The van der Waals surface area contributed by atoms with Gasteiger partial charge in [0.25, 0.3) is 11.8 Å². The maximum absolute atomic E-state index is 13.2. The van der Waals surface area contributed by atoms with E-state index in [1.165, 1.54) is 13.2 Å². The minimum absolute atomic E-state index is 0.0812. The molecule has 8 heteroatoms. The summed E-state index contributed by atoms with van der Waals surface area (Å²) in [6.07, 6.45) is 4.25. The lowest BCUT2D eigenvalue weighted by atomic mass is 9.78. The second-order valence-electron chi connectivity index (χ2n) is 7.31. The molecule has 4 rings (SSSR count). The second-order valence-corrected chi connectivity index (χ2v) is 7.31. The fraction of sp³-hybridized carbons (Fsp3) is 0.474. The van der Waals surface area contributed by atoms with E-state index in [4.69, 9.17) is 9.26 Å². The van der Waals surface area contributed by atoms with Gasteiger partial charge in [0.1, 0.15) is 0 Å². The number of hydrogen-bond acceptors (Lipinski definition) is 6. The van der Waals surface area contributed by atoms with Crippen LogP contribution in [0.4, 0.5) is 0 Å². The van der Waals surface area contributed by atoms with E-state index < -0.39 is 5.41 Å². The van der Waals surface area contributed by atoms with E-state index in [0.29, 0.717) is 26.2 Å². The summed E-state index contributed by atoms with van der Waals surface area (Å²) >= 11 is 0. The number of nitrogens with zero attached hydrogens (tertiary/aromatic N) is 4. The van der Waals surface area contributed by atoms with Crippen LogP contribution < -0.4 is 4.74 Å². The van der Waals surface area contributed by atoms with Gasteiger partial charge in [-0.05, 0) is 29.1 Å². The van der Waals surface area contributed by atoms with Crippen molar-refractivity contribution in [1.82, 2.24) is 19.9 Å². The number of amides is 2. The largest absolute Gasteiger partial charge is 0.479 e. The Morgan fingerprint density at radius 2 is 2.33 bits per heavy atom. The summed E-state index contributed by atoms with van der Waals surface area (Å²) in [5.41, 5.74) is 0.484. The highest BCUT2D eigenvalue weighted by Crippen LogP contribution is 2.45. The third-order valence-electron chi connectivity index (χ3n) is 5.74. The maximum Gasteiger partial charge on any atom is 0.292 e. The Balaban J connectivity index is 1.49. The fourth-order valence-corrected chi connectivity index (χ4v) is 4.16. The number of aromatic nitrogens is 2. The molecule has 8 nitrogen and oxygen atoms in total. The number of rotatable bonds is 4. The van der Waals surface area contributed by atoms with Crippen LogP contribution in [0.1, 0.15) is 29.5 Å². The Bertz CT molecular complexity index is 852. The molecule has 0 aromatic carbocycles. The summed E-state index contributed by atoms with van der Waals surface area (Å²) in [5, 5.41) is 3.68. The van der Waals surface area contributed by atoms with E-state index in [2.05, 4.69) is 10.1 Å². The zero-order valence-electron chi connectivity index (χ0n) is 15.4. The van der Waals surface area contributed by atoms with Gasteiger partial charge in [0.05, 0.1) is 18.6 Å². The average Bonchev–Trinajstić information content (AvgIpc) is 3.37. The van der Waals surface area contributed by atoms with Gasteiger partial charge < -0.3 is 19.1 Å². The molecule has 1 spiro atoms. The van der Waals surface area contributed by atoms with Crippen LogP contribution in [0, 0.1) is 11.3 Å². The molecule has 2 saturated heterocycles. The summed E-state index contributed by atoms with van der Waals surface area (Å²) in [6, 6.07) is 5.32. The van der Waals surface area contributed by atoms with Crippen LogP contribution in [0.2, 0.25) is 0 Å². The van der Waals surface area contributed by atoms with Crippen molar-refractivity contribution in [2.75, 3.05) is 26.7 Å². The van der Waals surface area contributed by atoms with Crippen LogP contribution in [0.5, 0.6) is 5.88 Å². The number of likely N-dealkylation sites (tertiary alicyclic amines) is 2. The van der Waals surface area contributed by atoms with Crippen molar-refractivity contribution in [1.29, 1.82) is 0 Å². The summed E-state index contributed by atoms with van der Waals surface area (Å²) in [7, 11) is 1.47. The number of carbonyl (C=O) groups is 2. The number of ether oxygens (including phenoxy) is 1. The van der Waals surface area contributed by atoms with Crippen molar-refractivity contribution in [3.63, 3.8) is 0 Å². The summed E-state index contributed by atoms with van der Waals surface area (Å²) < 4.78 is 10.0. The first-order chi connectivity index (χ1) is 13.0. The fourth-order valence-electron chi connectivity index (χ4n) is 4.16. The van der Waals surface area contributed by atoms with Gasteiger partial charge >= 0.3 is 0 Å². The first-order valence-corrected chi connectivity index (χ1v) is 9.02. The third kappa shape index (κ3) is 2.94. The summed E-state index contributed by atoms with van der Waals surface area (Å²) in [4.78, 5) is 33.6. The molecule has 0 N–H and O–H groups in total. The van der Waals surface area contributed by atoms with Crippen LogP contribution in [0.25, 0.3) is 0 Å². The highest BCUT2D eigenvalue weighted by Gasteiger charge is 2.56. The van der Waals surface area contributed by atoms with Crippen molar-refractivity contribution in [3.05, 3.63) is 41.9 Å². The van der Waals surface area contributed by atoms with E-state index >= 15 is 0 Å². The molecule has 2 aliphatic rings. The van der Waals surface area contributed by atoms with Crippen molar-refractivity contribution in [2.45, 2.75) is 19.9 Å². The van der Waals surface area contributed by atoms with Crippen LogP contribution in [0.3, 0.4) is 0 Å². The number of carbonyl (C=O) groups excluding carboxylic acids is 2. The molecule has 27 heavy (non-hydrogen) atoms. The molecule has 2 aromatic heterocycles. The molecule has 2 aromatic rings. The van der Waals surface area contributed by atoms with Gasteiger partial charge in [0, 0.05) is 38.6 Å². The Morgan fingerprint density at radius 1 is 1.48 bits per heavy atom. The normalized spacial score (nSPS) is 24.8. The van der Waals surface area contributed by atoms with Crippen LogP contribution in [-0.2, 0) is 11.3 Å². The predicted octanol–water partition coefficient (Wildman–Crippen LogP) is 1.59. The molecule has 0 radical (unpaired) electrons. The lowest BCUT2D eigenvalue weighted by Crippen LogP contribution is -2.40. The maximum atomic E-state index is 13.2. The number of methoxy groups -OCH3 is 1. The van der Waals surface area contributed by atoms with Crippen molar-refractivity contribution in [2.24, 2.45) is 11.3 Å². The van der Waals surface area contributed by atoms with Gasteiger partial charge in [-0.25, -0.2) is 0 Å². The van der Waals surface area contributed by atoms with E-state index in [-0.39, 0.29) is 29.4 Å². The SMILES string of the molecule is COc1cc(C(=O)N2C[C@@H](C)[C@@]3(CCN(Cc4cccnc4)C3=O)C2)on1. The monoisotopic (exact) mass is 370 g/mol. The molecule has 2 fully saturated rings. The number of pyridine rings is 1. The summed E-state index contributed by atoms with van der Waals surface area (Å²) in [5.74, 6) is 0.337. The molecule has 0 aliphatic carbocycles. The van der Waals surface area contributed by atoms with Gasteiger partial charge in [-0.3, -0.25) is 14.6 Å². The second kappa shape index (κ2) is 6.68. The minimum atomic E-state index is -0.526. The molecule has 0 unspecified atom stereocenters. The van der Waals surface area contributed by atoms with Gasteiger partial charge in [-0.1, -0.05) is 13.0 Å². The van der Waals surface area contributed by atoms with Crippen LogP contribution in [-0.4, -0.2) is 58.5 Å². The minimum Gasteiger partial charge on any atom is -0.479 e. The molecule has 2 atom stereocenters. The zero-order chi connectivity index (χ0) is 19.0. The molecule has 0 bridgehead atoms. The lowest BCUT2D eigenvalue weighted by Gasteiger charge is -2.26. The molecule has 142 valence electrons. The zero-order valence-corrected chi connectivity index (χ0v) is 15.4. The lowest BCUT2D eigenvalue weighted by molar-refractivity contribution is -0.137. The van der Waals surface area contributed by atoms with E-state index in [9.17, 15) is 9.59 Å². The molecule has 4 heterocycles. The van der Waals surface area contributed by atoms with E-state index in [0.717, 1.165) is 12.0 Å². The topological polar surface area (TPSA) is 88.8 Å². The molecule has 2 amide bonds. The predicted molar refractivity (Wildman–Crippen MR) is 94.8 cm³/mol. The van der Waals surface area contributed by atoms with Gasteiger partial charge in [0.2, 0.25) is 11.7 Å². The highest BCUT2D eigenvalue weighted by atomic mass is 16.5. The molecular weight excluding hydrogens is 348 g/mol. The van der Waals surface area contributed by atoms with Crippen molar-refractivity contribution in [3.8, 4) is 5.88 Å². The van der Waals surface area contributed by atoms with Crippen LogP contribution in [0.15, 0.2) is 35.1 Å². The van der Waals surface area contributed by atoms with Gasteiger partial charge in [0.15, 0.2) is 0 Å². The third-order valence-corrected chi connectivity index (χ3v) is 5.74. The Labute approximate surface area is 157 Å². The van der Waals surface area contributed by atoms with Gasteiger partial charge in [-0.15, -0.1) is 0 Å². The highest BCUT2D eigenvalue weighted by molar-refractivity contribution is 5.93. The van der Waals surface area contributed by atoms with Crippen molar-refractivity contribution >= 4 is 11.8 Å². The van der Waals surface area contributed by atoms with Gasteiger partial charge in [-0.2, -0.15) is 0 Å². The van der Waals surface area contributed by atoms with Crippen molar-refractivity contribution < 1.29 is 18.8 Å². The Kier molecular flexibility index (Phi) is 4.33. The van der Waals surface area contributed by atoms with E-state index in [1.807, 2.05) is 24.0 Å². The Hall–Kier alpha value is -2.90. The first-order valence-electron chi connectivity index (χ1n) is 9.02. The average molecular weight is 370 g/mol. The van der Waals surface area contributed by atoms with E-state index in [1.54, 1.807) is 17.3 Å². The standard InChI is InChI=1S/C19H22N4O4/c1-13-10-23(17(24)15-8-16(26-2)21-27-15)12-19(13)5-7-22(18(19)25)11-14-4-3-6-20-9-14/h3-4,6,8-9,13H,5,7,10-12H2,1-2H3/t13-,19-/m1/s1. The molecule has 0 saturated carbocycles. The molecule has 2 aliphatic heterocycles. The molecular formula is C19H22N4O4. The smallest absolute Gasteiger partial charge is 0.292 e. The first kappa shape index (κ1) is 17.5. The van der Waals surface area contributed by atoms with Crippen LogP contribution >= 0.6 is 0 Å². The summed E-state index contributed by atoms with van der Waals surface area (Å²) in [6.45, 7) is 4.21.